The van der Waals surface area contributed by atoms with Gasteiger partial charge in [0.1, 0.15) is 5.82 Å². The molecule has 338 valence electrons. The zero-order valence-corrected chi connectivity index (χ0v) is 41.0. The smallest absolute Gasteiger partial charge is 0.268 e. The van der Waals surface area contributed by atoms with Crippen LogP contribution in [-0.2, 0) is 26.5 Å². The van der Waals surface area contributed by atoms with Crippen molar-refractivity contribution in [3.05, 3.63) is 236 Å². The topological polar surface area (TPSA) is 35.9 Å². The quantitative estimate of drug-likeness (QED) is 0.118. The second-order valence-electron chi connectivity index (χ2n) is 18.8. The van der Waals surface area contributed by atoms with E-state index < -0.39 is 0 Å². The molecular weight excluding hydrogens is 1040 g/mol. The number of pyridine rings is 1. The molecule has 0 fully saturated rings. The summed E-state index contributed by atoms with van der Waals surface area (Å²) in [5, 5.41) is 3.52. The molecule has 0 aliphatic heterocycles. The Hall–Kier alpha value is -8.11. The Labute approximate surface area is 421 Å². The molecule has 0 radical (unpaired) electrons. The Bertz CT molecular complexity index is 3910. The number of aromatic nitrogens is 4. The van der Waals surface area contributed by atoms with Crippen molar-refractivity contribution in [1.82, 2.24) is 14.1 Å². The van der Waals surface area contributed by atoms with Crippen LogP contribution in [0.4, 0.5) is 0 Å². The number of hydrogen-bond donors (Lipinski definition) is 0. The van der Waals surface area contributed by atoms with Gasteiger partial charge in [-0.3, -0.25) is 4.57 Å². The van der Waals surface area contributed by atoms with Crippen LogP contribution in [-0.4, -0.2) is 14.1 Å². The Morgan fingerprint density at radius 1 is 0.543 bits per heavy atom. The Morgan fingerprint density at radius 2 is 1.19 bits per heavy atom. The molecule has 0 bridgehead atoms. The van der Waals surface area contributed by atoms with Gasteiger partial charge in [-0.25, -0.2) is 4.98 Å². The van der Waals surface area contributed by atoms with Crippen molar-refractivity contribution in [2.24, 2.45) is 0 Å². The zero-order chi connectivity index (χ0) is 46.2. The molecule has 0 spiro atoms. The summed E-state index contributed by atoms with van der Waals surface area (Å²) in [5.74, 6) is 1.97. The number of nitrogens with zero attached hydrogens (tertiary/aromatic N) is 4. The first kappa shape index (κ1) is 43.2. The average molecular weight is 1080 g/mol. The van der Waals surface area contributed by atoms with Crippen LogP contribution >= 0.6 is 0 Å². The second-order valence-corrected chi connectivity index (χ2v) is 18.8. The van der Waals surface area contributed by atoms with Crippen molar-refractivity contribution >= 4 is 32.7 Å². The first-order valence-electron chi connectivity index (χ1n) is 23.5. The SMILES string of the molecule is CC(C)(C)c1ccnc(-n2c3c(c4ccc(Oc5[c-]c(-n6[c-][n+](-c7cc(-c8ccccc8)cc(-c8ccccc8)c7)c7ccccc76)ccc5)[c-]c42)-c2cccc4cccc(c24)-c2ccccc2-3)c1.[Pt]. The third kappa shape index (κ3) is 7.28. The van der Waals surface area contributed by atoms with E-state index >= 15 is 0 Å². The minimum absolute atomic E-state index is 0. The van der Waals surface area contributed by atoms with Crippen LogP contribution < -0.4 is 9.30 Å². The molecule has 0 unspecified atom stereocenters. The Kier molecular flexibility index (Phi) is 10.6. The fourth-order valence-electron chi connectivity index (χ4n) is 10.2. The van der Waals surface area contributed by atoms with Crippen LogP contribution in [0.1, 0.15) is 26.3 Å². The molecule has 1 aliphatic rings. The third-order valence-corrected chi connectivity index (χ3v) is 13.5. The van der Waals surface area contributed by atoms with E-state index in [1.807, 2.05) is 24.4 Å². The van der Waals surface area contributed by atoms with Gasteiger partial charge in [-0.1, -0.05) is 172 Å². The molecule has 1 aliphatic carbocycles. The maximum atomic E-state index is 6.81. The molecule has 5 nitrogen and oxygen atoms in total. The number of fused-ring (bicyclic) bond motifs is 8. The fourth-order valence-corrected chi connectivity index (χ4v) is 10.2. The van der Waals surface area contributed by atoms with Gasteiger partial charge in [-0.15, -0.1) is 29.7 Å². The molecule has 0 amide bonds. The summed E-state index contributed by atoms with van der Waals surface area (Å²) in [6.07, 6.45) is 5.65. The van der Waals surface area contributed by atoms with E-state index in [4.69, 9.17) is 9.72 Å². The minimum Gasteiger partial charge on any atom is -0.510 e. The van der Waals surface area contributed by atoms with Crippen molar-refractivity contribution in [3.8, 4) is 84.5 Å². The van der Waals surface area contributed by atoms with Crippen LogP contribution in [0.15, 0.2) is 212 Å². The average Bonchev–Trinajstić information content (AvgIpc) is 3.92. The molecule has 3 heterocycles. The van der Waals surface area contributed by atoms with Gasteiger partial charge in [-0.05, 0) is 102 Å². The van der Waals surface area contributed by atoms with Gasteiger partial charge in [0.25, 0.3) is 6.33 Å². The van der Waals surface area contributed by atoms with Crippen molar-refractivity contribution in [3.63, 3.8) is 0 Å². The molecule has 0 saturated carbocycles. The molecule has 0 atom stereocenters. The van der Waals surface area contributed by atoms with Crippen molar-refractivity contribution < 1.29 is 30.4 Å². The number of ether oxygens (including phenoxy) is 1. The molecule has 3 aromatic heterocycles. The zero-order valence-electron chi connectivity index (χ0n) is 38.7. The molecule has 9 aromatic carbocycles. The number of para-hydroxylation sites is 2. The van der Waals surface area contributed by atoms with Crippen LogP contribution in [0.25, 0.3) is 106 Å². The molecule has 13 rings (SSSR count). The standard InChI is InChI=1S/C64H44N4O.Pt/c1-64(2,3)47-33-34-65-60(38-47)68-59-40-51(31-32-55(59)62-56-28-15-22-44-21-14-27-53(61(44)56)52-25-10-11-26-54(52)63(62)68)69-50-24-16-23-48(39-50)66-41-67(58-30-13-12-29-57(58)66)49-36-45(42-17-6-4-7-18-42)35-46(37-49)43-19-8-5-9-20-43;/h4-38H,1-3H3;/q-2;. The number of rotatable bonds is 7. The molecule has 6 heteroatoms. The van der Waals surface area contributed by atoms with Gasteiger partial charge in [0.15, 0.2) is 0 Å². The molecular formula is C64H44N4OPt-2. The van der Waals surface area contributed by atoms with Gasteiger partial charge >= 0.3 is 0 Å². The normalized spacial score (nSPS) is 11.8. The Balaban J connectivity index is 0.00000505. The minimum atomic E-state index is -0.0881. The van der Waals surface area contributed by atoms with Gasteiger partial charge in [0.2, 0.25) is 0 Å². The summed E-state index contributed by atoms with van der Waals surface area (Å²) in [4.78, 5) is 5.09. The number of hydrogen-bond acceptors (Lipinski definition) is 2. The van der Waals surface area contributed by atoms with Gasteiger partial charge in [-0.2, -0.15) is 18.2 Å². The summed E-state index contributed by atoms with van der Waals surface area (Å²) in [6.45, 7) is 6.73. The van der Waals surface area contributed by atoms with Crippen LogP contribution in [0, 0.1) is 18.5 Å². The van der Waals surface area contributed by atoms with Crippen LogP contribution in [0.2, 0.25) is 0 Å². The van der Waals surface area contributed by atoms with Crippen molar-refractivity contribution in [1.29, 1.82) is 0 Å². The summed E-state index contributed by atoms with van der Waals surface area (Å²) < 4.78 is 13.3. The summed E-state index contributed by atoms with van der Waals surface area (Å²) in [6, 6.07) is 80.3. The van der Waals surface area contributed by atoms with E-state index in [0.717, 1.165) is 78.2 Å². The van der Waals surface area contributed by atoms with E-state index in [1.165, 1.54) is 33.0 Å². The monoisotopic (exact) mass is 1080 g/mol. The Morgan fingerprint density at radius 3 is 1.93 bits per heavy atom. The molecule has 12 aromatic rings. The van der Waals surface area contributed by atoms with E-state index in [2.05, 4.69) is 241 Å². The first-order chi connectivity index (χ1) is 33.8. The van der Waals surface area contributed by atoms with E-state index in [-0.39, 0.29) is 26.5 Å². The van der Waals surface area contributed by atoms with Gasteiger partial charge < -0.3 is 13.9 Å². The first-order valence-corrected chi connectivity index (χ1v) is 23.5. The fraction of sp³-hybridized carbons (Fsp3) is 0.0625. The third-order valence-electron chi connectivity index (χ3n) is 13.5. The summed E-state index contributed by atoms with van der Waals surface area (Å²) >= 11 is 0. The maximum absolute atomic E-state index is 6.81. The predicted octanol–water partition coefficient (Wildman–Crippen LogP) is 15.5. The van der Waals surface area contributed by atoms with E-state index in [9.17, 15) is 0 Å². The summed E-state index contributed by atoms with van der Waals surface area (Å²) in [7, 11) is 0. The molecule has 0 N–H and O–H groups in total. The van der Waals surface area contributed by atoms with E-state index in [0.29, 0.717) is 11.5 Å². The second kappa shape index (κ2) is 17.1. The van der Waals surface area contributed by atoms with Crippen LogP contribution in [0.3, 0.4) is 0 Å². The van der Waals surface area contributed by atoms with Crippen molar-refractivity contribution in [2.45, 2.75) is 26.2 Å². The predicted molar refractivity (Wildman–Crippen MR) is 279 cm³/mol. The molecule has 0 saturated heterocycles. The van der Waals surface area contributed by atoms with E-state index in [1.54, 1.807) is 0 Å². The number of benzene rings is 9. The summed E-state index contributed by atoms with van der Waals surface area (Å²) in [5.41, 5.74) is 17.3. The van der Waals surface area contributed by atoms with Crippen molar-refractivity contribution in [2.75, 3.05) is 0 Å². The van der Waals surface area contributed by atoms with Gasteiger partial charge in [0, 0.05) is 50.0 Å². The molecule has 70 heavy (non-hydrogen) atoms. The number of imidazole rings is 1. The largest absolute Gasteiger partial charge is 0.510 e. The maximum Gasteiger partial charge on any atom is 0.268 e. The van der Waals surface area contributed by atoms with Gasteiger partial charge in [0.05, 0.1) is 16.7 Å². The van der Waals surface area contributed by atoms with Crippen LogP contribution in [0.5, 0.6) is 11.5 Å².